The summed E-state index contributed by atoms with van der Waals surface area (Å²) in [5.74, 6) is 0.444. The van der Waals surface area contributed by atoms with Crippen molar-refractivity contribution in [2.75, 3.05) is 6.61 Å². The topological polar surface area (TPSA) is 35.5 Å². The molecule has 0 amide bonds. The standard InChI is InChI=1S/C18H24O3/c1-4-9-17(13-12-15(3)18(19)20-5-2)21-14-16-10-7-6-8-11-16/h4,6-11,13,15H,5,12,14H2,1-3H3/b9-4-,17-13+. The normalized spacial score (nSPS) is 13.2. The van der Waals surface area contributed by atoms with Gasteiger partial charge < -0.3 is 9.47 Å². The zero-order valence-electron chi connectivity index (χ0n) is 13.0. The van der Waals surface area contributed by atoms with Crippen LogP contribution in [-0.2, 0) is 20.9 Å². The summed E-state index contributed by atoms with van der Waals surface area (Å²) in [6.45, 7) is 6.55. The Morgan fingerprint density at radius 3 is 2.57 bits per heavy atom. The van der Waals surface area contributed by atoms with E-state index in [0.29, 0.717) is 19.6 Å². The predicted octanol–water partition coefficient (Wildman–Crippen LogP) is 4.25. The van der Waals surface area contributed by atoms with E-state index in [0.717, 1.165) is 11.3 Å². The van der Waals surface area contributed by atoms with E-state index in [9.17, 15) is 4.79 Å². The molecule has 0 fully saturated rings. The van der Waals surface area contributed by atoms with Crippen LogP contribution in [0.4, 0.5) is 0 Å². The molecule has 0 saturated heterocycles. The van der Waals surface area contributed by atoms with Crippen LogP contribution in [0.2, 0.25) is 0 Å². The van der Waals surface area contributed by atoms with Crippen molar-refractivity contribution in [2.24, 2.45) is 5.92 Å². The lowest BCUT2D eigenvalue weighted by atomic mass is 10.1. The lowest BCUT2D eigenvalue weighted by Crippen LogP contribution is -2.14. The fourth-order valence-corrected chi connectivity index (χ4v) is 1.75. The molecule has 1 atom stereocenters. The average molecular weight is 288 g/mol. The number of benzene rings is 1. The van der Waals surface area contributed by atoms with Crippen LogP contribution in [-0.4, -0.2) is 12.6 Å². The third-order valence-corrected chi connectivity index (χ3v) is 2.94. The maximum Gasteiger partial charge on any atom is 0.308 e. The molecule has 3 nitrogen and oxygen atoms in total. The molecule has 0 aromatic heterocycles. The van der Waals surface area contributed by atoms with Gasteiger partial charge >= 0.3 is 5.97 Å². The highest BCUT2D eigenvalue weighted by Crippen LogP contribution is 2.12. The molecule has 1 unspecified atom stereocenters. The summed E-state index contributed by atoms with van der Waals surface area (Å²) in [7, 11) is 0. The van der Waals surface area contributed by atoms with Gasteiger partial charge in [-0.05, 0) is 38.0 Å². The highest BCUT2D eigenvalue weighted by atomic mass is 16.5. The first-order valence-corrected chi connectivity index (χ1v) is 7.33. The third-order valence-electron chi connectivity index (χ3n) is 2.94. The fourth-order valence-electron chi connectivity index (χ4n) is 1.75. The molecule has 1 aromatic rings. The molecule has 0 aliphatic rings. The average Bonchev–Trinajstić information content (AvgIpc) is 2.51. The Balaban J connectivity index is 2.56. The van der Waals surface area contributed by atoms with Gasteiger partial charge in [0.15, 0.2) is 0 Å². The summed E-state index contributed by atoms with van der Waals surface area (Å²) in [4.78, 5) is 11.6. The lowest BCUT2D eigenvalue weighted by molar-refractivity contribution is -0.147. The zero-order valence-corrected chi connectivity index (χ0v) is 13.0. The first-order chi connectivity index (χ1) is 10.2. The number of carbonyl (C=O) groups excluding carboxylic acids is 1. The number of hydrogen-bond donors (Lipinski definition) is 0. The Labute approximate surface area is 127 Å². The molecular formula is C18H24O3. The number of rotatable bonds is 8. The van der Waals surface area contributed by atoms with E-state index in [2.05, 4.69) is 0 Å². The number of ether oxygens (including phenoxy) is 2. The summed E-state index contributed by atoms with van der Waals surface area (Å²) in [6, 6.07) is 10.00. The number of allylic oxidation sites excluding steroid dienone is 3. The number of esters is 1. The molecule has 0 aliphatic heterocycles. The van der Waals surface area contributed by atoms with Crippen LogP contribution < -0.4 is 0 Å². The molecule has 0 heterocycles. The second kappa shape index (κ2) is 9.81. The lowest BCUT2D eigenvalue weighted by Gasteiger charge is -2.10. The van der Waals surface area contributed by atoms with Gasteiger partial charge in [0, 0.05) is 0 Å². The molecule has 0 aliphatic carbocycles. The fraction of sp³-hybridized carbons (Fsp3) is 0.389. The van der Waals surface area contributed by atoms with E-state index in [4.69, 9.17) is 9.47 Å². The summed E-state index contributed by atoms with van der Waals surface area (Å²) in [6.07, 6.45) is 6.37. The van der Waals surface area contributed by atoms with Gasteiger partial charge in [0.05, 0.1) is 12.5 Å². The van der Waals surface area contributed by atoms with E-state index >= 15 is 0 Å². The minimum absolute atomic E-state index is 0.162. The molecule has 0 bridgehead atoms. The molecule has 0 radical (unpaired) electrons. The highest BCUT2D eigenvalue weighted by Gasteiger charge is 2.12. The third kappa shape index (κ3) is 6.80. The van der Waals surface area contributed by atoms with Crippen LogP contribution in [0.15, 0.2) is 54.3 Å². The summed E-state index contributed by atoms with van der Waals surface area (Å²) in [5, 5.41) is 0. The van der Waals surface area contributed by atoms with E-state index in [1.807, 2.05) is 69.3 Å². The van der Waals surface area contributed by atoms with Crippen molar-refractivity contribution >= 4 is 5.97 Å². The summed E-state index contributed by atoms with van der Waals surface area (Å²) in [5.41, 5.74) is 1.12. The molecular weight excluding hydrogens is 264 g/mol. The van der Waals surface area contributed by atoms with Crippen LogP contribution in [0.25, 0.3) is 0 Å². The Morgan fingerprint density at radius 2 is 1.95 bits per heavy atom. The molecule has 0 spiro atoms. The second-order valence-electron chi connectivity index (χ2n) is 4.77. The van der Waals surface area contributed by atoms with Gasteiger partial charge in [-0.3, -0.25) is 4.79 Å². The predicted molar refractivity (Wildman–Crippen MR) is 84.5 cm³/mol. The molecule has 0 saturated carbocycles. The molecule has 0 N–H and O–H groups in total. The van der Waals surface area contributed by atoms with Gasteiger partial charge in [0.1, 0.15) is 12.4 Å². The maximum atomic E-state index is 11.6. The minimum Gasteiger partial charge on any atom is -0.489 e. The van der Waals surface area contributed by atoms with E-state index in [1.165, 1.54) is 0 Å². The highest BCUT2D eigenvalue weighted by molar-refractivity contribution is 5.72. The van der Waals surface area contributed by atoms with Crippen LogP contribution in [0.5, 0.6) is 0 Å². The Hall–Kier alpha value is -2.03. The molecule has 1 aromatic carbocycles. The van der Waals surface area contributed by atoms with E-state index in [1.54, 1.807) is 0 Å². The van der Waals surface area contributed by atoms with Gasteiger partial charge in [-0.1, -0.05) is 43.3 Å². The molecule has 3 heteroatoms. The van der Waals surface area contributed by atoms with Gasteiger partial charge in [0.25, 0.3) is 0 Å². The van der Waals surface area contributed by atoms with Crippen LogP contribution >= 0.6 is 0 Å². The molecule has 1 rings (SSSR count). The van der Waals surface area contributed by atoms with E-state index < -0.39 is 0 Å². The summed E-state index contributed by atoms with van der Waals surface area (Å²) < 4.78 is 10.8. The Kier molecular flexibility index (Phi) is 7.95. The SMILES string of the molecule is C/C=C\C(=C/CC(C)C(=O)OCC)OCc1ccccc1. The first-order valence-electron chi connectivity index (χ1n) is 7.33. The van der Waals surface area contributed by atoms with Gasteiger partial charge in [0.2, 0.25) is 0 Å². The van der Waals surface area contributed by atoms with Crippen molar-refractivity contribution in [1.29, 1.82) is 0 Å². The maximum absolute atomic E-state index is 11.6. The Morgan fingerprint density at radius 1 is 1.24 bits per heavy atom. The van der Waals surface area contributed by atoms with Crippen molar-refractivity contribution in [2.45, 2.75) is 33.8 Å². The van der Waals surface area contributed by atoms with Crippen molar-refractivity contribution in [3.8, 4) is 0 Å². The minimum atomic E-state index is -0.170. The van der Waals surface area contributed by atoms with Gasteiger partial charge in [-0.2, -0.15) is 0 Å². The number of carbonyl (C=O) groups is 1. The van der Waals surface area contributed by atoms with Crippen LogP contribution in [0.3, 0.4) is 0 Å². The zero-order chi connectivity index (χ0) is 15.5. The van der Waals surface area contributed by atoms with Crippen LogP contribution in [0.1, 0.15) is 32.8 Å². The van der Waals surface area contributed by atoms with Crippen molar-refractivity contribution in [3.63, 3.8) is 0 Å². The van der Waals surface area contributed by atoms with Crippen LogP contribution in [0, 0.1) is 5.92 Å². The largest absolute Gasteiger partial charge is 0.489 e. The number of hydrogen-bond acceptors (Lipinski definition) is 3. The monoisotopic (exact) mass is 288 g/mol. The summed E-state index contributed by atoms with van der Waals surface area (Å²) >= 11 is 0. The van der Waals surface area contributed by atoms with Crippen molar-refractivity contribution < 1.29 is 14.3 Å². The van der Waals surface area contributed by atoms with Gasteiger partial charge in [-0.25, -0.2) is 0 Å². The quantitative estimate of drug-likeness (QED) is 0.407. The molecule has 21 heavy (non-hydrogen) atoms. The Bertz CT molecular complexity index is 474. The van der Waals surface area contributed by atoms with Gasteiger partial charge in [-0.15, -0.1) is 0 Å². The first kappa shape index (κ1) is 17.0. The van der Waals surface area contributed by atoms with Crippen molar-refractivity contribution in [1.82, 2.24) is 0 Å². The molecule has 114 valence electrons. The second-order valence-corrected chi connectivity index (χ2v) is 4.77. The smallest absolute Gasteiger partial charge is 0.308 e. The van der Waals surface area contributed by atoms with Crippen molar-refractivity contribution in [3.05, 3.63) is 59.9 Å². The van der Waals surface area contributed by atoms with E-state index in [-0.39, 0.29) is 11.9 Å².